The van der Waals surface area contributed by atoms with E-state index in [-0.39, 0.29) is 19.6 Å². The van der Waals surface area contributed by atoms with Crippen LogP contribution in [0.15, 0.2) is 0 Å². The van der Waals surface area contributed by atoms with Gasteiger partial charge in [-0.05, 0) is 26.4 Å². The van der Waals surface area contributed by atoms with Crippen LogP contribution in [0.1, 0.15) is 20.8 Å². The highest BCUT2D eigenvalue weighted by Crippen LogP contribution is 2.60. The number of hydrogen-bond donors (Lipinski definition) is 0. The monoisotopic (exact) mass is 480 g/mol. The minimum absolute atomic E-state index is 0.0456. The van der Waals surface area contributed by atoms with E-state index in [9.17, 15) is 57.1 Å². The fraction of sp³-hybridized carbons (Fsp3) is 1.00. The van der Waals surface area contributed by atoms with E-state index >= 15 is 0 Å². The van der Waals surface area contributed by atoms with Crippen molar-refractivity contribution in [2.75, 3.05) is 6.61 Å². The van der Waals surface area contributed by atoms with Gasteiger partial charge in [-0.15, -0.1) is 0 Å². The quantitative estimate of drug-likeness (QED) is 0.272. The Morgan fingerprint density at radius 2 is 1.07 bits per heavy atom. The van der Waals surface area contributed by atoms with E-state index in [1.807, 2.05) is 0 Å². The lowest BCUT2D eigenvalue weighted by Crippen LogP contribution is -2.71. The Kier molecular flexibility index (Phi) is 7.84. The molecule has 0 amide bonds. The Hall–Kier alpha value is -0.773. The molecule has 0 spiro atoms. The summed E-state index contributed by atoms with van der Waals surface area (Å²) in [6.45, 7) is 3.49. The van der Waals surface area contributed by atoms with Gasteiger partial charge in [0.05, 0.1) is 0 Å². The van der Waals surface area contributed by atoms with Crippen molar-refractivity contribution in [3.63, 3.8) is 0 Å². The Morgan fingerprint density at radius 1 is 0.690 bits per heavy atom. The molecule has 0 aliphatic rings. The van der Waals surface area contributed by atoms with Crippen LogP contribution in [0.2, 0.25) is 12.6 Å². The smallest absolute Gasteiger partial charge is 0.395 e. The normalized spacial score (nSPS) is 18.5. The number of halogens is 13. The van der Waals surface area contributed by atoms with E-state index in [0.29, 0.717) is 0 Å². The lowest BCUT2D eigenvalue weighted by atomic mass is 9.92. The molecule has 0 saturated carbocycles. The summed E-state index contributed by atoms with van der Waals surface area (Å²) in [4.78, 5) is 0. The van der Waals surface area contributed by atoms with Crippen LogP contribution in [0.25, 0.3) is 0 Å². The molecule has 2 atom stereocenters. The van der Waals surface area contributed by atoms with Gasteiger partial charge in [-0.3, -0.25) is 0 Å². The minimum Gasteiger partial charge on any atom is -0.395 e. The second-order valence-electron chi connectivity index (χ2n) is 6.10. The molecule has 16 heteroatoms. The molecular weight excluding hydrogens is 463 g/mol. The van der Waals surface area contributed by atoms with Crippen LogP contribution < -0.4 is 0 Å². The molecule has 0 aromatic heterocycles. The second kappa shape index (κ2) is 8.05. The van der Waals surface area contributed by atoms with Crippen molar-refractivity contribution in [3.8, 4) is 0 Å². The fourth-order valence-corrected chi connectivity index (χ4v) is 3.96. The lowest BCUT2D eigenvalue weighted by molar-refractivity contribution is -0.443. The van der Waals surface area contributed by atoms with Crippen LogP contribution in [0.4, 0.5) is 57.1 Å². The van der Waals surface area contributed by atoms with Crippen LogP contribution in [0.5, 0.6) is 0 Å². The molecule has 176 valence electrons. The highest BCUT2D eigenvalue weighted by atomic mass is 28.4. The minimum atomic E-state index is -7.92. The fourth-order valence-electron chi connectivity index (χ4n) is 2.01. The van der Waals surface area contributed by atoms with E-state index < -0.39 is 50.5 Å². The molecule has 0 aliphatic carbocycles. The first-order chi connectivity index (χ1) is 12.5. The molecule has 0 saturated heterocycles. The van der Waals surface area contributed by atoms with E-state index in [1.165, 1.54) is 13.8 Å². The van der Waals surface area contributed by atoms with Gasteiger partial charge in [0, 0.05) is 6.61 Å². The summed E-state index contributed by atoms with van der Waals surface area (Å²) in [6.07, 6.45) is -10.7. The van der Waals surface area contributed by atoms with Gasteiger partial charge in [-0.25, -0.2) is 0 Å². The van der Waals surface area contributed by atoms with Crippen LogP contribution in [0, 0.1) is 0 Å². The molecule has 2 nitrogen and oxygen atoms in total. The van der Waals surface area contributed by atoms with E-state index in [0.717, 1.165) is 6.55 Å². The molecule has 0 rings (SSSR count). The maximum Gasteiger partial charge on any atom is 0.460 e. The number of alkyl halides is 13. The van der Waals surface area contributed by atoms with Gasteiger partial charge in [0.15, 0.2) is 0 Å². The molecule has 0 heterocycles. The zero-order valence-electron chi connectivity index (χ0n) is 15.2. The van der Waals surface area contributed by atoms with Gasteiger partial charge in [0.2, 0.25) is 0 Å². The molecule has 0 aliphatic heterocycles. The van der Waals surface area contributed by atoms with Gasteiger partial charge >= 0.3 is 44.3 Å². The van der Waals surface area contributed by atoms with Crippen LogP contribution in [-0.2, 0) is 8.85 Å². The SMILES string of the molecule is CCO[Si](C)(CC)OC(C)C(F)(F)C(F)(F)C(F)(F)C(F)(F)C(F)(F)C(F)(F)F. The van der Waals surface area contributed by atoms with Crippen LogP contribution in [-0.4, -0.2) is 57.1 Å². The van der Waals surface area contributed by atoms with E-state index in [2.05, 4.69) is 4.43 Å². The molecule has 0 aromatic rings. The molecule has 0 aromatic carbocycles. The predicted octanol–water partition coefficient (Wildman–Crippen LogP) is 6.26. The second-order valence-corrected chi connectivity index (χ2v) is 9.60. The van der Waals surface area contributed by atoms with Crippen LogP contribution >= 0.6 is 0 Å². The zero-order valence-corrected chi connectivity index (χ0v) is 16.2. The summed E-state index contributed by atoms with van der Waals surface area (Å²) < 4.78 is 180. The van der Waals surface area contributed by atoms with Crippen molar-refractivity contribution in [1.29, 1.82) is 0 Å². The summed E-state index contributed by atoms with van der Waals surface area (Å²) in [5.41, 5.74) is 0. The Morgan fingerprint density at radius 3 is 1.38 bits per heavy atom. The van der Waals surface area contributed by atoms with Crippen molar-refractivity contribution >= 4 is 8.56 Å². The highest BCUT2D eigenvalue weighted by molar-refractivity contribution is 6.66. The average Bonchev–Trinajstić information content (AvgIpc) is 2.52. The Labute approximate surface area is 157 Å². The zero-order chi connectivity index (χ0) is 23.9. The largest absolute Gasteiger partial charge is 0.460 e. The van der Waals surface area contributed by atoms with Crippen molar-refractivity contribution < 1.29 is 65.9 Å². The van der Waals surface area contributed by atoms with Gasteiger partial charge in [-0.1, -0.05) is 6.92 Å². The van der Waals surface area contributed by atoms with Crippen molar-refractivity contribution in [3.05, 3.63) is 0 Å². The summed E-state index contributed by atoms with van der Waals surface area (Å²) >= 11 is 0. The Bertz CT molecular complexity index is 563. The van der Waals surface area contributed by atoms with E-state index in [1.54, 1.807) is 0 Å². The lowest BCUT2D eigenvalue weighted by Gasteiger charge is -2.42. The standard InChI is InChI=1S/C13H17F13O2Si/c1-5-27-29(4,6-2)28-7(3)8(14,15)9(16,17)10(18,19)11(20,21)12(22,23)13(24,25)26/h7H,5-6H2,1-4H3. The van der Waals surface area contributed by atoms with Crippen molar-refractivity contribution in [1.82, 2.24) is 0 Å². The molecule has 29 heavy (non-hydrogen) atoms. The average molecular weight is 480 g/mol. The first kappa shape index (κ1) is 28.2. The van der Waals surface area contributed by atoms with Crippen molar-refractivity contribution in [2.24, 2.45) is 0 Å². The highest BCUT2D eigenvalue weighted by Gasteiger charge is 2.91. The first-order valence-electron chi connectivity index (χ1n) is 7.77. The van der Waals surface area contributed by atoms with Gasteiger partial charge in [0.1, 0.15) is 6.10 Å². The maximum absolute atomic E-state index is 14.0. The van der Waals surface area contributed by atoms with Crippen LogP contribution in [0.3, 0.4) is 0 Å². The third-order valence-corrected chi connectivity index (χ3v) is 7.02. The molecule has 2 unspecified atom stereocenters. The summed E-state index contributed by atoms with van der Waals surface area (Å²) in [7, 11) is -3.72. The molecule has 0 radical (unpaired) electrons. The van der Waals surface area contributed by atoms with Crippen molar-refractivity contribution in [2.45, 2.75) is 75.3 Å². The van der Waals surface area contributed by atoms with E-state index in [4.69, 9.17) is 4.43 Å². The number of hydrogen-bond acceptors (Lipinski definition) is 2. The summed E-state index contributed by atoms with van der Waals surface area (Å²) in [6, 6.07) is -0.203. The summed E-state index contributed by atoms with van der Waals surface area (Å²) in [5.74, 6) is -37.1. The first-order valence-corrected chi connectivity index (χ1v) is 10.3. The third-order valence-electron chi connectivity index (χ3n) is 3.99. The topological polar surface area (TPSA) is 18.5 Å². The van der Waals surface area contributed by atoms with Gasteiger partial charge in [-0.2, -0.15) is 57.1 Å². The maximum atomic E-state index is 14.0. The Balaban J connectivity index is 6.23. The molecule has 0 fully saturated rings. The predicted molar refractivity (Wildman–Crippen MR) is 75.1 cm³/mol. The van der Waals surface area contributed by atoms with Gasteiger partial charge in [0.25, 0.3) is 0 Å². The molecule has 0 bridgehead atoms. The third kappa shape index (κ3) is 4.47. The summed E-state index contributed by atoms with van der Waals surface area (Å²) in [5, 5.41) is 0. The number of rotatable bonds is 10. The van der Waals surface area contributed by atoms with Gasteiger partial charge < -0.3 is 8.85 Å². The molecular formula is C13H17F13O2Si. The molecule has 0 N–H and O–H groups in total.